The van der Waals surface area contributed by atoms with Crippen LogP contribution in [-0.4, -0.2) is 47.8 Å². The van der Waals surface area contributed by atoms with Crippen LogP contribution in [0.2, 0.25) is 0 Å². The third-order valence-electron chi connectivity index (χ3n) is 5.36. The average molecular weight is 456 g/mol. The van der Waals surface area contributed by atoms with Crippen LogP contribution in [0.25, 0.3) is 0 Å². The van der Waals surface area contributed by atoms with E-state index in [1.54, 1.807) is 0 Å². The Labute approximate surface area is 186 Å². The summed E-state index contributed by atoms with van der Waals surface area (Å²) in [5, 5.41) is 71.2. The second-order valence-corrected chi connectivity index (χ2v) is 7.61. The minimum absolute atomic E-state index is 0.00501. The first-order chi connectivity index (χ1) is 15.6. The molecule has 1 aliphatic heterocycles. The van der Waals surface area contributed by atoms with E-state index in [1.165, 1.54) is 24.3 Å². The van der Waals surface area contributed by atoms with Gasteiger partial charge in [-0.15, -0.1) is 0 Å². The van der Waals surface area contributed by atoms with Crippen LogP contribution in [0.3, 0.4) is 0 Å². The molecule has 10 heteroatoms. The first kappa shape index (κ1) is 21.8. The molecule has 3 atom stereocenters. The van der Waals surface area contributed by atoms with Gasteiger partial charge < -0.3 is 45.2 Å². The van der Waals surface area contributed by atoms with Crippen LogP contribution >= 0.6 is 0 Å². The van der Waals surface area contributed by atoms with Gasteiger partial charge in [-0.05, 0) is 12.1 Å². The van der Waals surface area contributed by atoms with Gasteiger partial charge in [0.2, 0.25) is 0 Å². The highest BCUT2D eigenvalue weighted by Crippen LogP contribution is 2.55. The third-order valence-corrected chi connectivity index (χ3v) is 5.36. The lowest BCUT2D eigenvalue weighted by molar-refractivity contribution is -0.154. The molecule has 0 saturated carbocycles. The summed E-state index contributed by atoms with van der Waals surface area (Å²) in [5.41, 5.74) is 0.0555. The van der Waals surface area contributed by atoms with E-state index in [9.17, 15) is 40.5 Å². The SMILES string of the molecule is CC(=O)O[C@H]1[C@H](c2c(O)cc(O)cc2O)c2c(O)cc(O)cc2O[C@@H]1c1ccc(O)c(O)c1. The average Bonchev–Trinajstić information content (AvgIpc) is 2.69. The molecule has 0 aliphatic carbocycles. The van der Waals surface area contributed by atoms with E-state index in [0.29, 0.717) is 0 Å². The zero-order chi connectivity index (χ0) is 24.0. The van der Waals surface area contributed by atoms with E-state index < -0.39 is 58.6 Å². The van der Waals surface area contributed by atoms with Crippen LogP contribution in [0, 0.1) is 0 Å². The van der Waals surface area contributed by atoms with Crippen molar-refractivity contribution in [3.8, 4) is 46.0 Å². The maximum atomic E-state index is 12.0. The fourth-order valence-corrected chi connectivity index (χ4v) is 4.08. The quantitative estimate of drug-likeness (QED) is 0.229. The van der Waals surface area contributed by atoms with Crippen molar-refractivity contribution in [1.29, 1.82) is 0 Å². The van der Waals surface area contributed by atoms with Gasteiger partial charge in [-0.2, -0.15) is 0 Å². The Bertz CT molecular complexity index is 1230. The van der Waals surface area contributed by atoms with Gasteiger partial charge in [0.05, 0.1) is 5.92 Å². The minimum Gasteiger partial charge on any atom is -0.508 e. The van der Waals surface area contributed by atoms with Crippen LogP contribution < -0.4 is 4.74 Å². The number of hydrogen-bond acceptors (Lipinski definition) is 10. The number of ether oxygens (including phenoxy) is 2. The highest BCUT2D eigenvalue weighted by Gasteiger charge is 2.46. The summed E-state index contributed by atoms with van der Waals surface area (Å²) in [7, 11) is 0. The van der Waals surface area contributed by atoms with Gasteiger partial charge >= 0.3 is 5.97 Å². The van der Waals surface area contributed by atoms with E-state index in [1.807, 2.05) is 0 Å². The highest BCUT2D eigenvalue weighted by atomic mass is 16.6. The van der Waals surface area contributed by atoms with Crippen molar-refractivity contribution in [2.45, 2.75) is 25.0 Å². The number of esters is 1. The molecule has 4 rings (SSSR count). The molecule has 0 unspecified atom stereocenters. The van der Waals surface area contributed by atoms with Crippen LogP contribution in [0.5, 0.6) is 46.0 Å². The Hall–Kier alpha value is -4.47. The molecule has 0 fully saturated rings. The first-order valence-corrected chi connectivity index (χ1v) is 9.73. The molecule has 0 spiro atoms. The van der Waals surface area contributed by atoms with Crippen LogP contribution in [0.15, 0.2) is 42.5 Å². The van der Waals surface area contributed by atoms with Crippen LogP contribution in [0.4, 0.5) is 0 Å². The zero-order valence-electron chi connectivity index (χ0n) is 17.1. The topological polar surface area (TPSA) is 177 Å². The first-order valence-electron chi connectivity index (χ1n) is 9.73. The number of rotatable bonds is 3. The Morgan fingerprint density at radius 2 is 1.33 bits per heavy atom. The van der Waals surface area contributed by atoms with Crippen molar-refractivity contribution in [2.75, 3.05) is 0 Å². The molecule has 0 bridgehead atoms. The predicted octanol–water partition coefficient (Wildman–Crippen LogP) is 2.82. The summed E-state index contributed by atoms with van der Waals surface area (Å²) < 4.78 is 11.5. The molecule has 3 aromatic rings. The smallest absolute Gasteiger partial charge is 0.303 e. The number of benzene rings is 3. The zero-order valence-corrected chi connectivity index (χ0v) is 17.1. The number of carbonyl (C=O) groups excluding carboxylic acids is 1. The van der Waals surface area contributed by atoms with Gasteiger partial charge in [-0.25, -0.2) is 0 Å². The van der Waals surface area contributed by atoms with Gasteiger partial charge in [0, 0.05) is 47.9 Å². The number of carbonyl (C=O) groups is 1. The predicted molar refractivity (Wildman–Crippen MR) is 112 cm³/mol. The Balaban J connectivity index is 2.02. The van der Waals surface area contributed by atoms with Crippen molar-refractivity contribution in [3.63, 3.8) is 0 Å². The second-order valence-electron chi connectivity index (χ2n) is 7.61. The number of aromatic hydroxyl groups is 7. The standard InChI is InChI=1S/C23H20O10/c1-9(24)32-23-21(19-15(29)5-11(25)6-16(19)30)20-17(31)7-12(26)8-18(20)33-22(23)10-2-3-13(27)14(28)4-10/h2-8,21-23,25-31H,1H3/t21-,22-,23+/m1/s1. The van der Waals surface area contributed by atoms with E-state index in [-0.39, 0.29) is 28.2 Å². The van der Waals surface area contributed by atoms with Crippen molar-refractivity contribution in [2.24, 2.45) is 0 Å². The van der Waals surface area contributed by atoms with Crippen LogP contribution in [0.1, 0.15) is 35.6 Å². The summed E-state index contributed by atoms with van der Waals surface area (Å²) >= 11 is 0. The molecule has 10 nitrogen and oxygen atoms in total. The van der Waals surface area contributed by atoms with Gasteiger partial charge in [0.1, 0.15) is 34.5 Å². The molecular formula is C23H20O10. The lowest BCUT2D eigenvalue weighted by Crippen LogP contribution is -2.38. The summed E-state index contributed by atoms with van der Waals surface area (Å²) in [5.74, 6) is -5.27. The summed E-state index contributed by atoms with van der Waals surface area (Å²) in [6.45, 7) is 1.13. The monoisotopic (exact) mass is 456 g/mol. The van der Waals surface area contributed by atoms with Crippen molar-refractivity contribution in [3.05, 3.63) is 59.2 Å². The molecule has 1 aliphatic rings. The molecule has 172 valence electrons. The Kier molecular flexibility index (Phi) is 5.21. The van der Waals surface area contributed by atoms with Crippen LogP contribution in [-0.2, 0) is 9.53 Å². The Morgan fingerprint density at radius 1 is 0.758 bits per heavy atom. The summed E-state index contributed by atoms with van der Waals surface area (Å²) in [6.07, 6.45) is -2.48. The van der Waals surface area contributed by atoms with Crippen molar-refractivity contribution in [1.82, 2.24) is 0 Å². The van der Waals surface area contributed by atoms with E-state index in [4.69, 9.17) is 9.47 Å². The molecular weight excluding hydrogens is 436 g/mol. The molecule has 0 radical (unpaired) electrons. The lowest BCUT2D eigenvalue weighted by Gasteiger charge is -2.40. The van der Waals surface area contributed by atoms with Gasteiger partial charge in [0.25, 0.3) is 0 Å². The van der Waals surface area contributed by atoms with Gasteiger partial charge in [0.15, 0.2) is 23.7 Å². The number of phenolic OH excluding ortho intramolecular Hbond substituents is 7. The molecule has 0 aromatic heterocycles. The molecule has 3 aromatic carbocycles. The third kappa shape index (κ3) is 3.82. The molecule has 33 heavy (non-hydrogen) atoms. The molecule has 1 heterocycles. The second kappa shape index (κ2) is 7.90. The Morgan fingerprint density at radius 3 is 1.91 bits per heavy atom. The van der Waals surface area contributed by atoms with E-state index in [2.05, 4.69) is 0 Å². The van der Waals surface area contributed by atoms with Crippen molar-refractivity contribution >= 4 is 5.97 Å². The maximum absolute atomic E-state index is 12.0. The van der Waals surface area contributed by atoms with E-state index >= 15 is 0 Å². The van der Waals surface area contributed by atoms with Crippen molar-refractivity contribution < 1.29 is 50.0 Å². The van der Waals surface area contributed by atoms with Gasteiger partial charge in [-0.1, -0.05) is 6.07 Å². The number of fused-ring (bicyclic) bond motifs is 1. The fraction of sp³-hybridized carbons (Fsp3) is 0.174. The molecule has 7 N–H and O–H groups in total. The summed E-state index contributed by atoms with van der Waals surface area (Å²) in [4.78, 5) is 12.0. The largest absolute Gasteiger partial charge is 0.508 e. The van der Waals surface area contributed by atoms with Gasteiger partial charge in [-0.3, -0.25) is 4.79 Å². The normalized spacial score (nSPS) is 19.4. The highest BCUT2D eigenvalue weighted by molar-refractivity contribution is 5.68. The molecule has 0 amide bonds. The number of hydrogen-bond donors (Lipinski definition) is 7. The maximum Gasteiger partial charge on any atom is 0.303 e. The fourth-order valence-electron chi connectivity index (χ4n) is 4.08. The molecule has 0 saturated heterocycles. The minimum atomic E-state index is -1.31. The summed E-state index contributed by atoms with van der Waals surface area (Å²) in [6, 6.07) is 7.91. The lowest BCUT2D eigenvalue weighted by atomic mass is 9.78. The number of phenols is 7. The van der Waals surface area contributed by atoms with E-state index in [0.717, 1.165) is 25.1 Å².